The molecule has 9 nitrogen and oxygen atoms in total. The van der Waals surface area contributed by atoms with E-state index in [9.17, 15) is 4.79 Å². The average molecular weight is 355 g/mol. The molecule has 2 aromatic heterocycles. The molecule has 136 valence electrons. The lowest BCUT2D eigenvalue weighted by molar-refractivity contribution is 0.0745. The van der Waals surface area contributed by atoms with Crippen molar-refractivity contribution in [1.82, 2.24) is 24.8 Å². The highest BCUT2D eigenvalue weighted by atomic mass is 16.5. The molecule has 0 bridgehead atoms. The zero-order valence-electron chi connectivity index (χ0n) is 14.5. The largest absolute Gasteiger partial charge is 0.378 e. The summed E-state index contributed by atoms with van der Waals surface area (Å²) in [6, 6.07) is 1.80. The van der Waals surface area contributed by atoms with E-state index in [0.29, 0.717) is 56.9 Å². The maximum Gasteiger partial charge on any atom is 0.257 e. The Morgan fingerprint density at radius 2 is 1.38 bits per heavy atom. The SMILES string of the molecule is O=C(c1cnc(N2CCOCC2)nc1)N1CCN(c2ncccn2)CC1. The second kappa shape index (κ2) is 7.61. The predicted octanol–water partition coefficient (Wildman–Crippen LogP) is 0.0656. The molecule has 26 heavy (non-hydrogen) atoms. The van der Waals surface area contributed by atoms with Crippen molar-refractivity contribution >= 4 is 17.8 Å². The summed E-state index contributed by atoms with van der Waals surface area (Å²) in [5.74, 6) is 1.32. The molecule has 2 aromatic rings. The summed E-state index contributed by atoms with van der Waals surface area (Å²) in [4.78, 5) is 35.9. The summed E-state index contributed by atoms with van der Waals surface area (Å²) in [6.45, 7) is 5.59. The van der Waals surface area contributed by atoms with Crippen molar-refractivity contribution in [2.45, 2.75) is 0 Å². The lowest BCUT2D eigenvalue weighted by Gasteiger charge is -2.34. The van der Waals surface area contributed by atoms with Gasteiger partial charge in [0.1, 0.15) is 0 Å². The first-order valence-electron chi connectivity index (χ1n) is 8.77. The molecule has 0 saturated carbocycles. The third-order valence-electron chi connectivity index (χ3n) is 4.58. The number of amides is 1. The van der Waals surface area contributed by atoms with Crippen LogP contribution in [0.2, 0.25) is 0 Å². The van der Waals surface area contributed by atoms with Gasteiger partial charge in [-0.25, -0.2) is 19.9 Å². The Balaban J connectivity index is 1.36. The van der Waals surface area contributed by atoms with Crippen LogP contribution in [-0.2, 0) is 4.74 Å². The molecule has 2 fully saturated rings. The smallest absolute Gasteiger partial charge is 0.257 e. The van der Waals surface area contributed by atoms with Crippen molar-refractivity contribution < 1.29 is 9.53 Å². The highest BCUT2D eigenvalue weighted by Crippen LogP contribution is 2.14. The number of carbonyl (C=O) groups excluding carboxylic acids is 1. The van der Waals surface area contributed by atoms with E-state index >= 15 is 0 Å². The van der Waals surface area contributed by atoms with Crippen LogP contribution in [0.4, 0.5) is 11.9 Å². The fraction of sp³-hybridized carbons (Fsp3) is 0.471. The van der Waals surface area contributed by atoms with Crippen molar-refractivity contribution in [1.29, 1.82) is 0 Å². The second-order valence-corrected chi connectivity index (χ2v) is 6.20. The molecule has 0 aromatic carbocycles. The number of anilines is 2. The molecule has 0 aliphatic carbocycles. The molecule has 0 atom stereocenters. The van der Waals surface area contributed by atoms with Gasteiger partial charge in [-0.15, -0.1) is 0 Å². The van der Waals surface area contributed by atoms with Gasteiger partial charge in [0, 0.05) is 64.1 Å². The van der Waals surface area contributed by atoms with Gasteiger partial charge >= 0.3 is 0 Å². The summed E-state index contributed by atoms with van der Waals surface area (Å²) in [5, 5.41) is 0. The second-order valence-electron chi connectivity index (χ2n) is 6.20. The standard InChI is InChI=1S/C17H21N7O2/c25-15(14-12-20-17(21-13-14)24-8-10-26-11-9-24)22-4-6-23(7-5-22)16-18-2-1-3-19-16/h1-3,12-13H,4-11H2. The predicted molar refractivity (Wildman–Crippen MR) is 95.2 cm³/mol. The van der Waals surface area contributed by atoms with Crippen LogP contribution in [-0.4, -0.2) is 83.2 Å². The van der Waals surface area contributed by atoms with E-state index in [-0.39, 0.29) is 5.91 Å². The molecule has 2 aliphatic heterocycles. The molecule has 0 radical (unpaired) electrons. The number of nitrogens with zero attached hydrogens (tertiary/aromatic N) is 7. The Morgan fingerprint density at radius 3 is 2.04 bits per heavy atom. The fourth-order valence-electron chi connectivity index (χ4n) is 3.10. The van der Waals surface area contributed by atoms with E-state index in [1.165, 1.54) is 0 Å². The molecule has 0 spiro atoms. The molecule has 2 saturated heterocycles. The fourth-order valence-corrected chi connectivity index (χ4v) is 3.10. The first kappa shape index (κ1) is 16.6. The minimum Gasteiger partial charge on any atom is -0.378 e. The summed E-state index contributed by atoms with van der Waals surface area (Å²) in [6.07, 6.45) is 6.69. The number of ether oxygens (including phenoxy) is 1. The Bertz CT molecular complexity index is 727. The van der Waals surface area contributed by atoms with Gasteiger partial charge in [0.25, 0.3) is 5.91 Å². The van der Waals surface area contributed by atoms with Crippen molar-refractivity contribution in [3.63, 3.8) is 0 Å². The van der Waals surface area contributed by atoms with Gasteiger partial charge in [0.2, 0.25) is 11.9 Å². The minimum absolute atomic E-state index is 0.0350. The van der Waals surface area contributed by atoms with Gasteiger partial charge in [-0.05, 0) is 6.07 Å². The van der Waals surface area contributed by atoms with Gasteiger partial charge < -0.3 is 19.4 Å². The first-order chi connectivity index (χ1) is 12.8. The summed E-state index contributed by atoms with van der Waals surface area (Å²) < 4.78 is 5.33. The van der Waals surface area contributed by atoms with Crippen LogP contribution in [0.3, 0.4) is 0 Å². The molecule has 0 N–H and O–H groups in total. The third-order valence-corrected chi connectivity index (χ3v) is 4.58. The van der Waals surface area contributed by atoms with Crippen molar-refractivity contribution in [3.05, 3.63) is 36.4 Å². The summed E-state index contributed by atoms with van der Waals surface area (Å²) >= 11 is 0. The van der Waals surface area contributed by atoms with E-state index in [1.807, 2.05) is 4.90 Å². The number of rotatable bonds is 3. The van der Waals surface area contributed by atoms with Crippen LogP contribution in [0.25, 0.3) is 0 Å². The Morgan fingerprint density at radius 1 is 0.808 bits per heavy atom. The van der Waals surface area contributed by atoms with Crippen LogP contribution in [0, 0.1) is 0 Å². The summed E-state index contributed by atoms with van der Waals surface area (Å²) in [7, 11) is 0. The zero-order chi connectivity index (χ0) is 17.8. The lowest BCUT2D eigenvalue weighted by atomic mass is 10.2. The quantitative estimate of drug-likeness (QED) is 0.764. The van der Waals surface area contributed by atoms with E-state index in [1.54, 1.807) is 30.9 Å². The molecule has 4 heterocycles. The van der Waals surface area contributed by atoms with E-state index in [2.05, 4.69) is 29.7 Å². The number of morpholine rings is 1. The van der Waals surface area contributed by atoms with E-state index in [0.717, 1.165) is 13.1 Å². The van der Waals surface area contributed by atoms with Gasteiger partial charge in [0.15, 0.2) is 0 Å². The van der Waals surface area contributed by atoms with Crippen molar-refractivity contribution in [2.24, 2.45) is 0 Å². The third kappa shape index (κ3) is 3.57. The monoisotopic (exact) mass is 355 g/mol. The molecule has 0 unspecified atom stereocenters. The molecular formula is C17H21N7O2. The molecular weight excluding hydrogens is 334 g/mol. The van der Waals surface area contributed by atoms with Gasteiger partial charge in [0.05, 0.1) is 18.8 Å². The van der Waals surface area contributed by atoms with E-state index in [4.69, 9.17) is 4.74 Å². The van der Waals surface area contributed by atoms with Gasteiger partial charge in [-0.1, -0.05) is 0 Å². The Labute approximate surface area is 151 Å². The molecule has 4 rings (SSSR count). The topological polar surface area (TPSA) is 87.6 Å². The molecule has 9 heteroatoms. The van der Waals surface area contributed by atoms with Crippen LogP contribution >= 0.6 is 0 Å². The number of aromatic nitrogens is 4. The maximum absolute atomic E-state index is 12.7. The van der Waals surface area contributed by atoms with Crippen molar-refractivity contribution in [3.8, 4) is 0 Å². The number of hydrogen-bond donors (Lipinski definition) is 0. The van der Waals surface area contributed by atoms with Crippen LogP contribution < -0.4 is 9.80 Å². The maximum atomic E-state index is 12.7. The van der Waals surface area contributed by atoms with E-state index < -0.39 is 0 Å². The Hall–Kier alpha value is -2.81. The first-order valence-corrected chi connectivity index (χ1v) is 8.77. The number of piperazine rings is 1. The zero-order valence-corrected chi connectivity index (χ0v) is 14.5. The minimum atomic E-state index is -0.0350. The normalized spacial score (nSPS) is 18.1. The number of carbonyl (C=O) groups is 1. The highest BCUT2D eigenvalue weighted by Gasteiger charge is 2.24. The van der Waals surface area contributed by atoms with Gasteiger partial charge in [-0.3, -0.25) is 4.79 Å². The number of hydrogen-bond acceptors (Lipinski definition) is 8. The van der Waals surface area contributed by atoms with Crippen molar-refractivity contribution in [2.75, 3.05) is 62.3 Å². The highest BCUT2D eigenvalue weighted by molar-refractivity contribution is 5.93. The van der Waals surface area contributed by atoms with Gasteiger partial charge in [-0.2, -0.15) is 0 Å². The average Bonchev–Trinajstić information content (AvgIpc) is 2.75. The Kier molecular flexibility index (Phi) is 4.87. The van der Waals surface area contributed by atoms with Crippen LogP contribution in [0.1, 0.15) is 10.4 Å². The molecule has 1 amide bonds. The van der Waals surface area contributed by atoms with Crippen LogP contribution in [0.5, 0.6) is 0 Å². The summed E-state index contributed by atoms with van der Waals surface area (Å²) in [5.41, 5.74) is 0.520. The molecule has 2 aliphatic rings. The van der Waals surface area contributed by atoms with Crippen LogP contribution in [0.15, 0.2) is 30.9 Å². The lowest BCUT2D eigenvalue weighted by Crippen LogP contribution is -2.49.